The van der Waals surface area contributed by atoms with Crippen LogP contribution < -0.4 is 9.50 Å². The topological polar surface area (TPSA) is 68.3 Å². The SMILES string of the molecule is CCc1c(C)nc(OS(C)(=O)=O)c2c1Sc1ccccc1CN2. The Morgan fingerprint density at radius 2 is 2.09 bits per heavy atom. The molecule has 0 aliphatic carbocycles. The summed E-state index contributed by atoms with van der Waals surface area (Å²) < 4.78 is 28.2. The van der Waals surface area contributed by atoms with Gasteiger partial charge >= 0.3 is 10.1 Å². The first kappa shape index (κ1) is 16.1. The Morgan fingerprint density at radius 3 is 2.78 bits per heavy atom. The molecule has 5 nitrogen and oxygen atoms in total. The Kier molecular flexibility index (Phi) is 4.25. The molecule has 1 N–H and O–H groups in total. The molecule has 1 aliphatic rings. The summed E-state index contributed by atoms with van der Waals surface area (Å²) >= 11 is 1.63. The highest BCUT2D eigenvalue weighted by Crippen LogP contribution is 2.45. The average Bonchev–Trinajstić information content (AvgIpc) is 2.65. The Bertz CT molecular complexity index is 864. The molecule has 7 heteroatoms. The first-order valence-electron chi connectivity index (χ1n) is 7.31. The van der Waals surface area contributed by atoms with Crippen molar-refractivity contribution in [1.29, 1.82) is 0 Å². The van der Waals surface area contributed by atoms with Crippen molar-refractivity contribution in [2.75, 3.05) is 11.6 Å². The number of anilines is 1. The van der Waals surface area contributed by atoms with E-state index in [1.54, 1.807) is 11.8 Å². The largest absolute Gasteiger partial charge is 0.376 e. The molecule has 2 heterocycles. The van der Waals surface area contributed by atoms with Crippen LogP contribution in [0.15, 0.2) is 34.1 Å². The third-order valence-corrected chi connectivity index (χ3v) is 5.38. The molecular weight excluding hydrogens is 332 g/mol. The van der Waals surface area contributed by atoms with Crippen molar-refractivity contribution >= 4 is 27.6 Å². The van der Waals surface area contributed by atoms with E-state index in [9.17, 15) is 8.42 Å². The van der Waals surface area contributed by atoms with Gasteiger partial charge in [-0.2, -0.15) is 8.42 Å². The summed E-state index contributed by atoms with van der Waals surface area (Å²) in [7, 11) is -3.64. The first-order chi connectivity index (χ1) is 10.9. The number of rotatable bonds is 3. The molecule has 23 heavy (non-hydrogen) atoms. The van der Waals surface area contributed by atoms with Crippen LogP contribution in [0.4, 0.5) is 5.69 Å². The number of nitrogens with one attached hydrogen (secondary N) is 1. The third-order valence-electron chi connectivity index (χ3n) is 3.65. The maximum atomic E-state index is 11.6. The molecular formula is C16H18N2O3S2. The van der Waals surface area contributed by atoms with Gasteiger partial charge in [-0.05, 0) is 30.5 Å². The highest BCUT2D eigenvalue weighted by Gasteiger charge is 2.24. The van der Waals surface area contributed by atoms with Crippen molar-refractivity contribution in [2.24, 2.45) is 0 Å². The summed E-state index contributed by atoms with van der Waals surface area (Å²) in [5.41, 5.74) is 3.71. The van der Waals surface area contributed by atoms with Crippen LogP contribution in [0.1, 0.15) is 23.7 Å². The van der Waals surface area contributed by atoms with Gasteiger partial charge < -0.3 is 9.50 Å². The molecule has 1 aromatic heterocycles. The van der Waals surface area contributed by atoms with Crippen molar-refractivity contribution in [3.63, 3.8) is 0 Å². The molecule has 0 fully saturated rings. The lowest BCUT2D eigenvalue weighted by Crippen LogP contribution is -2.12. The van der Waals surface area contributed by atoms with Gasteiger partial charge in [0.2, 0.25) is 0 Å². The number of benzene rings is 1. The lowest BCUT2D eigenvalue weighted by atomic mass is 10.1. The van der Waals surface area contributed by atoms with Crippen LogP contribution in [-0.2, 0) is 23.1 Å². The minimum Gasteiger partial charge on any atom is -0.376 e. The van der Waals surface area contributed by atoms with E-state index in [1.807, 2.05) is 19.1 Å². The van der Waals surface area contributed by atoms with Crippen LogP contribution in [0.5, 0.6) is 5.88 Å². The zero-order valence-corrected chi connectivity index (χ0v) is 14.8. The van der Waals surface area contributed by atoms with Crippen LogP contribution in [0.25, 0.3) is 0 Å². The molecule has 0 radical (unpaired) electrons. The van der Waals surface area contributed by atoms with Gasteiger partial charge in [-0.15, -0.1) is 0 Å². The minimum absolute atomic E-state index is 0.123. The van der Waals surface area contributed by atoms with E-state index in [-0.39, 0.29) is 5.88 Å². The normalized spacial score (nSPS) is 13.5. The molecule has 0 atom stereocenters. The van der Waals surface area contributed by atoms with Crippen LogP contribution >= 0.6 is 11.8 Å². The summed E-state index contributed by atoms with van der Waals surface area (Å²) in [6.07, 6.45) is 1.85. The summed E-state index contributed by atoms with van der Waals surface area (Å²) in [5.74, 6) is 0.123. The molecule has 2 aromatic rings. The number of fused-ring (bicyclic) bond motifs is 2. The highest BCUT2D eigenvalue weighted by molar-refractivity contribution is 7.99. The molecule has 1 aliphatic heterocycles. The number of hydrogen-bond donors (Lipinski definition) is 1. The van der Waals surface area contributed by atoms with E-state index < -0.39 is 10.1 Å². The smallest absolute Gasteiger partial charge is 0.307 e. The van der Waals surface area contributed by atoms with Crippen LogP contribution in [-0.4, -0.2) is 19.7 Å². The fourth-order valence-corrected chi connectivity index (χ4v) is 4.34. The van der Waals surface area contributed by atoms with Crippen LogP contribution in [0.3, 0.4) is 0 Å². The van der Waals surface area contributed by atoms with Crippen molar-refractivity contribution in [3.05, 3.63) is 41.1 Å². The predicted molar refractivity (Wildman–Crippen MR) is 91.7 cm³/mol. The molecule has 0 saturated carbocycles. The predicted octanol–water partition coefficient (Wildman–Crippen LogP) is 3.37. The van der Waals surface area contributed by atoms with Crippen molar-refractivity contribution < 1.29 is 12.6 Å². The molecule has 0 spiro atoms. The van der Waals surface area contributed by atoms with Gasteiger partial charge in [-0.25, -0.2) is 4.98 Å². The van der Waals surface area contributed by atoms with Gasteiger partial charge in [0.15, 0.2) is 0 Å². The Labute approximate surface area is 140 Å². The highest BCUT2D eigenvalue weighted by atomic mass is 32.2. The average molecular weight is 350 g/mol. The van der Waals surface area contributed by atoms with Gasteiger partial charge in [-0.1, -0.05) is 36.9 Å². The number of hydrogen-bond acceptors (Lipinski definition) is 6. The van der Waals surface area contributed by atoms with E-state index in [4.69, 9.17) is 4.18 Å². The molecule has 122 valence electrons. The summed E-state index contributed by atoms with van der Waals surface area (Å²) in [6, 6.07) is 8.13. The van der Waals surface area contributed by atoms with Crippen molar-refractivity contribution in [3.8, 4) is 5.88 Å². The second kappa shape index (κ2) is 6.05. The molecule has 0 amide bonds. The van der Waals surface area contributed by atoms with Gasteiger partial charge in [0.1, 0.15) is 5.69 Å². The fraction of sp³-hybridized carbons (Fsp3) is 0.312. The number of aromatic nitrogens is 1. The molecule has 1 aromatic carbocycles. The summed E-state index contributed by atoms with van der Waals surface area (Å²) in [5, 5.41) is 3.30. The Balaban J connectivity index is 2.19. The standard InChI is InChI=1S/C16H18N2O3S2/c1-4-12-10(2)18-16(21-23(3,19)20)14-15(12)22-13-8-6-5-7-11(13)9-17-14/h5-8,17H,4,9H2,1-3H3. The minimum atomic E-state index is -3.64. The van der Waals surface area contributed by atoms with Gasteiger partial charge in [0.25, 0.3) is 5.88 Å². The maximum absolute atomic E-state index is 11.6. The Hall–Kier alpha value is -1.73. The second-order valence-electron chi connectivity index (χ2n) is 5.39. The first-order valence-corrected chi connectivity index (χ1v) is 9.95. The molecule has 3 rings (SSSR count). The Morgan fingerprint density at radius 1 is 1.35 bits per heavy atom. The molecule has 0 unspecified atom stereocenters. The van der Waals surface area contributed by atoms with Crippen LogP contribution in [0, 0.1) is 6.92 Å². The van der Waals surface area contributed by atoms with E-state index >= 15 is 0 Å². The van der Waals surface area contributed by atoms with Crippen molar-refractivity contribution in [2.45, 2.75) is 36.6 Å². The van der Waals surface area contributed by atoms with Crippen molar-refractivity contribution in [1.82, 2.24) is 4.98 Å². The number of aryl methyl sites for hydroxylation is 1. The lowest BCUT2D eigenvalue weighted by Gasteiger charge is -2.17. The maximum Gasteiger partial charge on any atom is 0.307 e. The number of nitrogens with zero attached hydrogens (tertiary/aromatic N) is 1. The zero-order valence-electron chi connectivity index (χ0n) is 13.2. The monoisotopic (exact) mass is 350 g/mol. The van der Waals surface area contributed by atoms with E-state index in [0.717, 1.165) is 33.7 Å². The zero-order chi connectivity index (χ0) is 16.6. The third kappa shape index (κ3) is 3.30. The summed E-state index contributed by atoms with van der Waals surface area (Å²) in [4.78, 5) is 6.52. The van der Waals surface area contributed by atoms with E-state index in [2.05, 4.69) is 29.4 Å². The molecule has 0 bridgehead atoms. The van der Waals surface area contributed by atoms with Crippen LogP contribution in [0.2, 0.25) is 0 Å². The number of pyridine rings is 1. The van der Waals surface area contributed by atoms with Gasteiger partial charge in [0, 0.05) is 22.0 Å². The second-order valence-corrected chi connectivity index (χ2v) is 8.02. The quantitative estimate of drug-likeness (QED) is 0.856. The molecule has 0 saturated heterocycles. The van der Waals surface area contributed by atoms with E-state index in [1.165, 1.54) is 5.56 Å². The fourth-order valence-electron chi connectivity index (χ4n) is 2.62. The summed E-state index contributed by atoms with van der Waals surface area (Å²) in [6.45, 7) is 4.55. The lowest BCUT2D eigenvalue weighted by molar-refractivity contribution is 0.481. The van der Waals surface area contributed by atoms with Gasteiger partial charge in [0.05, 0.1) is 6.26 Å². The van der Waals surface area contributed by atoms with Gasteiger partial charge in [-0.3, -0.25) is 0 Å². The van der Waals surface area contributed by atoms with E-state index in [0.29, 0.717) is 12.2 Å².